The second-order valence-corrected chi connectivity index (χ2v) is 7.39. The lowest BCUT2D eigenvalue weighted by atomic mass is 9.97. The third-order valence-corrected chi connectivity index (χ3v) is 5.30. The molecule has 3 aromatic rings. The van der Waals surface area contributed by atoms with Crippen molar-refractivity contribution in [1.29, 1.82) is 0 Å². The van der Waals surface area contributed by atoms with Crippen molar-refractivity contribution >= 4 is 5.91 Å². The number of allylic oxidation sites excluding steroid dienone is 1. The van der Waals surface area contributed by atoms with E-state index in [1.54, 1.807) is 47.4 Å². The van der Waals surface area contributed by atoms with Gasteiger partial charge in [0.15, 0.2) is 5.69 Å². The zero-order valence-electron chi connectivity index (χ0n) is 16.7. The summed E-state index contributed by atoms with van der Waals surface area (Å²) in [6, 6.07) is 10.1. The molecule has 1 N–H and O–H groups in total. The fourth-order valence-corrected chi connectivity index (χ4v) is 3.71. The molecule has 6 nitrogen and oxygen atoms in total. The molecule has 7 heteroatoms. The fraction of sp³-hybridized carbons (Fsp3) is 0.304. The number of carbonyl (C=O) groups is 1. The molecule has 1 amide bonds. The molecule has 0 fully saturated rings. The molecule has 0 unspecified atom stereocenters. The molecule has 0 bridgehead atoms. The van der Waals surface area contributed by atoms with Crippen molar-refractivity contribution in [3.8, 4) is 11.3 Å². The molecule has 0 saturated heterocycles. The molecule has 154 valence electrons. The van der Waals surface area contributed by atoms with Gasteiger partial charge in [0.25, 0.3) is 5.91 Å². The van der Waals surface area contributed by atoms with Gasteiger partial charge in [0.2, 0.25) is 0 Å². The number of amides is 1. The van der Waals surface area contributed by atoms with E-state index in [2.05, 4.69) is 26.7 Å². The Labute approximate surface area is 174 Å². The number of carbonyl (C=O) groups excluding carboxylic acids is 1. The van der Waals surface area contributed by atoms with Gasteiger partial charge in [-0.2, -0.15) is 0 Å². The standard InChI is InChI=1S/C23H24FN5O/c24-20-9-5-4-8-19(20)16-29-22(18-11-13-25-14-12-18)21(27-28-29)23(30)26-15-10-17-6-2-1-3-7-17/h4-6,8-9,11-14H,1-3,7,10,15-16H2,(H,26,30). The summed E-state index contributed by atoms with van der Waals surface area (Å²) < 4.78 is 15.7. The summed E-state index contributed by atoms with van der Waals surface area (Å²) >= 11 is 0. The summed E-state index contributed by atoms with van der Waals surface area (Å²) in [7, 11) is 0. The predicted octanol–water partition coefficient (Wildman–Crippen LogP) is 4.15. The van der Waals surface area contributed by atoms with E-state index in [1.807, 2.05) is 0 Å². The quantitative estimate of drug-likeness (QED) is 0.600. The average molecular weight is 405 g/mol. The van der Waals surface area contributed by atoms with Crippen molar-refractivity contribution in [3.05, 3.63) is 77.5 Å². The zero-order chi connectivity index (χ0) is 20.8. The Hall–Kier alpha value is -3.35. The lowest BCUT2D eigenvalue weighted by molar-refractivity contribution is 0.0949. The van der Waals surface area contributed by atoms with Crippen LogP contribution in [0.4, 0.5) is 4.39 Å². The average Bonchev–Trinajstić information content (AvgIpc) is 3.20. The highest BCUT2D eigenvalue weighted by atomic mass is 19.1. The minimum Gasteiger partial charge on any atom is -0.350 e. The molecular weight excluding hydrogens is 381 g/mol. The molecule has 0 radical (unpaired) electrons. The summed E-state index contributed by atoms with van der Waals surface area (Å²) in [5.41, 5.74) is 3.42. The van der Waals surface area contributed by atoms with Gasteiger partial charge in [0, 0.05) is 30.1 Å². The maximum Gasteiger partial charge on any atom is 0.274 e. The third-order valence-electron chi connectivity index (χ3n) is 5.30. The van der Waals surface area contributed by atoms with E-state index in [4.69, 9.17) is 0 Å². The van der Waals surface area contributed by atoms with E-state index in [-0.39, 0.29) is 24.0 Å². The highest BCUT2D eigenvalue weighted by Crippen LogP contribution is 2.24. The summed E-state index contributed by atoms with van der Waals surface area (Å²) in [4.78, 5) is 16.9. The van der Waals surface area contributed by atoms with Crippen LogP contribution in [0.2, 0.25) is 0 Å². The SMILES string of the molecule is O=C(NCCC1=CCCCC1)c1nnn(Cc2ccccc2F)c1-c1ccncc1. The van der Waals surface area contributed by atoms with Gasteiger partial charge in [-0.1, -0.05) is 35.1 Å². The number of halogens is 1. The van der Waals surface area contributed by atoms with Gasteiger partial charge < -0.3 is 5.32 Å². The van der Waals surface area contributed by atoms with Gasteiger partial charge in [-0.05, 0) is 50.3 Å². The Morgan fingerprint density at radius 2 is 1.97 bits per heavy atom. The minimum absolute atomic E-state index is 0.178. The van der Waals surface area contributed by atoms with Crippen LogP contribution in [0, 0.1) is 5.82 Å². The molecule has 1 aliphatic carbocycles. The second-order valence-electron chi connectivity index (χ2n) is 7.39. The first-order valence-electron chi connectivity index (χ1n) is 10.3. The van der Waals surface area contributed by atoms with Gasteiger partial charge >= 0.3 is 0 Å². The van der Waals surface area contributed by atoms with Gasteiger partial charge in [-0.25, -0.2) is 9.07 Å². The van der Waals surface area contributed by atoms with Crippen LogP contribution < -0.4 is 5.32 Å². The summed E-state index contributed by atoms with van der Waals surface area (Å²) in [6.45, 7) is 0.734. The lowest BCUT2D eigenvalue weighted by Crippen LogP contribution is -2.26. The van der Waals surface area contributed by atoms with Crippen molar-refractivity contribution < 1.29 is 9.18 Å². The van der Waals surface area contributed by atoms with Gasteiger partial charge in [0.1, 0.15) is 11.5 Å². The normalized spacial score (nSPS) is 13.7. The largest absolute Gasteiger partial charge is 0.350 e. The molecule has 0 atom stereocenters. The van der Waals surface area contributed by atoms with Gasteiger partial charge in [-0.3, -0.25) is 9.78 Å². The van der Waals surface area contributed by atoms with E-state index < -0.39 is 0 Å². The maximum absolute atomic E-state index is 14.2. The van der Waals surface area contributed by atoms with E-state index >= 15 is 0 Å². The first kappa shape index (κ1) is 19.9. The Balaban J connectivity index is 1.56. The molecule has 0 spiro atoms. The molecule has 2 aromatic heterocycles. The predicted molar refractivity (Wildman–Crippen MR) is 112 cm³/mol. The van der Waals surface area contributed by atoms with E-state index in [1.165, 1.54) is 24.5 Å². The molecule has 0 aliphatic heterocycles. The monoisotopic (exact) mass is 405 g/mol. The first-order valence-corrected chi connectivity index (χ1v) is 10.3. The molecule has 0 saturated carbocycles. The van der Waals surface area contributed by atoms with Crippen LogP contribution in [0.1, 0.15) is 48.2 Å². The number of nitrogens with zero attached hydrogens (tertiary/aromatic N) is 4. The lowest BCUT2D eigenvalue weighted by Gasteiger charge is -2.13. The van der Waals surface area contributed by atoms with Crippen LogP contribution in [0.25, 0.3) is 11.3 Å². The molecule has 1 aliphatic rings. The molecular formula is C23H24FN5O. The summed E-state index contributed by atoms with van der Waals surface area (Å²) in [5.74, 6) is -0.599. The summed E-state index contributed by atoms with van der Waals surface area (Å²) in [5, 5.41) is 11.2. The highest BCUT2D eigenvalue weighted by molar-refractivity contribution is 5.98. The van der Waals surface area contributed by atoms with Crippen molar-refractivity contribution in [3.63, 3.8) is 0 Å². The second kappa shape index (κ2) is 9.43. The molecule has 4 rings (SSSR count). The Bertz CT molecular complexity index is 1040. The Kier molecular flexibility index (Phi) is 6.27. The first-order chi connectivity index (χ1) is 14.7. The van der Waals surface area contributed by atoms with Crippen molar-refractivity contribution in [1.82, 2.24) is 25.3 Å². The highest BCUT2D eigenvalue weighted by Gasteiger charge is 2.22. The Morgan fingerprint density at radius 1 is 1.13 bits per heavy atom. The third kappa shape index (κ3) is 4.62. The van der Waals surface area contributed by atoms with Crippen molar-refractivity contribution in [2.75, 3.05) is 6.54 Å². The molecule has 30 heavy (non-hydrogen) atoms. The topological polar surface area (TPSA) is 72.7 Å². The van der Waals surface area contributed by atoms with Crippen LogP contribution in [-0.2, 0) is 6.54 Å². The number of nitrogens with one attached hydrogen (secondary N) is 1. The van der Waals surface area contributed by atoms with E-state index in [9.17, 15) is 9.18 Å². The van der Waals surface area contributed by atoms with Gasteiger partial charge in [0.05, 0.1) is 6.54 Å². The van der Waals surface area contributed by atoms with Gasteiger partial charge in [-0.15, -0.1) is 5.10 Å². The van der Waals surface area contributed by atoms with Crippen molar-refractivity contribution in [2.45, 2.75) is 38.6 Å². The minimum atomic E-state index is -0.319. The number of hydrogen-bond acceptors (Lipinski definition) is 4. The number of hydrogen-bond donors (Lipinski definition) is 1. The smallest absolute Gasteiger partial charge is 0.274 e. The number of benzene rings is 1. The van der Waals surface area contributed by atoms with Crippen LogP contribution in [0.5, 0.6) is 0 Å². The number of rotatable bonds is 7. The molecule has 1 aromatic carbocycles. The number of pyridine rings is 1. The Morgan fingerprint density at radius 3 is 2.73 bits per heavy atom. The number of aromatic nitrogens is 4. The maximum atomic E-state index is 14.2. The van der Waals surface area contributed by atoms with Crippen LogP contribution >= 0.6 is 0 Å². The van der Waals surface area contributed by atoms with E-state index in [0.717, 1.165) is 24.8 Å². The van der Waals surface area contributed by atoms with Crippen LogP contribution in [0.15, 0.2) is 60.4 Å². The fourth-order valence-electron chi connectivity index (χ4n) is 3.71. The van der Waals surface area contributed by atoms with E-state index in [0.29, 0.717) is 17.8 Å². The van der Waals surface area contributed by atoms with Crippen LogP contribution in [0.3, 0.4) is 0 Å². The zero-order valence-corrected chi connectivity index (χ0v) is 16.7. The van der Waals surface area contributed by atoms with Crippen LogP contribution in [-0.4, -0.2) is 32.4 Å². The molecule has 2 heterocycles. The summed E-state index contributed by atoms with van der Waals surface area (Å²) in [6.07, 6.45) is 11.1. The van der Waals surface area contributed by atoms with Crippen molar-refractivity contribution in [2.24, 2.45) is 0 Å².